The average Bonchev–Trinajstić information content (AvgIpc) is 2.06. The monoisotopic (exact) mass is 182 g/mol. The van der Waals surface area contributed by atoms with Crippen LogP contribution in [0.15, 0.2) is 0 Å². The Morgan fingerprint density at radius 1 is 1.15 bits per heavy atom. The molecule has 2 rings (SSSR count). The molecule has 0 unspecified atom stereocenters. The molecule has 2 nitrogen and oxygen atoms in total. The van der Waals surface area contributed by atoms with Gasteiger partial charge in [-0.3, -0.25) is 0 Å². The highest BCUT2D eigenvalue weighted by atomic mass is 15.2. The van der Waals surface area contributed by atoms with Crippen molar-refractivity contribution in [1.82, 2.24) is 10.2 Å². The zero-order chi connectivity index (χ0) is 9.10. The highest BCUT2D eigenvalue weighted by molar-refractivity contribution is 4.83. The van der Waals surface area contributed by atoms with E-state index in [0.29, 0.717) is 0 Å². The number of hydrogen-bond donors (Lipinski definition) is 1. The van der Waals surface area contributed by atoms with Crippen molar-refractivity contribution >= 4 is 0 Å². The van der Waals surface area contributed by atoms with Crippen molar-refractivity contribution in [3.63, 3.8) is 0 Å². The predicted molar refractivity (Wildman–Crippen MR) is 55.9 cm³/mol. The molecular weight excluding hydrogens is 160 g/mol. The van der Waals surface area contributed by atoms with Gasteiger partial charge in [-0.15, -0.1) is 0 Å². The molecule has 1 saturated carbocycles. The van der Waals surface area contributed by atoms with Crippen molar-refractivity contribution in [3.05, 3.63) is 0 Å². The van der Waals surface area contributed by atoms with Crippen LogP contribution < -0.4 is 5.32 Å². The van der Waals surface area contributed by atoms with Gasteiger partial charge in [0.05, 0.1) is 0 Å². The van der Waals surface area contributed by atoms with Crippen LogP contribution in [0.25, 0.3) is 0 Å². The largest absolute Gasteiger partial charge is 0.319 e. The summed E-state index contributed by atoms with van der Waals surface area (Å²) >= 11 is 0. The lowest BCUT2D eigenvalue weighted by atomic mass is 9.88. The predicted octanol–water partition coefficient (Wildman–Crippen LogP) is 1.47. The number of nitrogens with one attached hydrogen (secondary N) is 1. The highest BCUT2D eigenvalue weighted by Crippen LogP contribution is 2.28. The van der Waals surface area contributed by atoms with E-state index >= 15 is 0 Å². The summed E-state index contributed by atoms with van der Waals surface area (Å²) in [5.74, 6) is 0.946. The third-order valence-electron chi connectivity index (χ3n) is 3.73. The molecule has 1 aliphatic heterocycles. The first-order valence-corrected chi connectivity index (χ1v) is 5.79. The summed E-state index contributed by atoms with van der Waals surface area (Å²) in [6.45, 7) is 3.94. The van der Waals surface area contributed by atoms with Crippen LogP contribution in [0.1, 0.15) is 32.1 Å². The van der Waals surface area contributed by atoms with Gasteiger partial charge in [-0.1, -0.05) is 6.42 Å². The lowest BCUT2D eigenvalue weighted by molar-refractivity contribution is 0.0849. The number of nitrogens with zero attached hydrogens (tertiary/aromatic N) is 1. The Morgan fingerprint density at radius 2 is 1.85 bits per heavy atom. The second-order valence-electron chi connectivity index (χ2n) is 4.62. The minimum atomic E-state index is 0.946. The van der Waals surface area contributed by atoms with Crippen LogP contribution in [-0.4, -0.2) is 37.6 Å². The first kappa shape index (κ1) is 9.47. The smallest absolute Gasteiger partial charge is 0.00952 e. The average molecular weight is 182 g/mol. The van der Waals surface area contributed by atoms with E-state index < -0.39 is 0 Å². The second-order valence-corrected chi connectivity index (χ2v) is 4.62. The molecule has 2 fully saturated rings. The first-order chi connectivity index (χ1) is 6.40. The van der Waals surface area contributed by atoms with E-state index in [2.05, 4.69) is 17.3 Å². The molecule has 2 aliphatic rings. The van der Waals surface area contributed by atoms with Gasteiger partial charge >= 0.3 is 0 Å². The summed E-state index contributed by atoms with van der Waals surface area (Å²) in [6, 6.07) is 0.968. The maximum atomic E-state index is 3.29. The van der Waals surface area contributed by atoms with E-state index in [-0.39, 0.29) is 0 Å². The molecule has 1 heterocycles. The van der Waals surface area contributed by atoms with E-state index in [1.54, 1.807) is 0 Å². The standard InChI is InChI=1S/C11H22N2/c1-12-9-10-5-7-13(8-6-10)11-3-2-4-11/h10-12H,2-9H2,1H3. The summed E-state index contributed by atoms with van der Waals surface area (Å²) in [5, 5.41) is 3.29. The summed E-state index contributed by atoms with van der Waals surface area (Å²) in [6.07, 6.45) is 7.24. The maximum absolute atomic E-state index is 3.29. The molecule has 1 saturated heterocycles. The van der Waals surface area contributed by atoms with E-state index in [1.807, 2.05) is 0 Å². The number of piperidine rings is 1. The van der Waals surface area contributed by atoms with Gasteiger partial charge in [0.15, 0.2) is 0 Å². The minimum absolute atomic E-state index is 0.946. The third kappa shape index (κ3) is 2.23. The summed E-state index contributed by atoms with van der Waals surface area (Å²) in [7, 11) is 2.07. The summed E-state index contributed by atoms with van der Waals surface area (Å²) in [4.78, 5) is 2.72. The molecule has 2 heteroatoms. The summed E-state index contributed by atoms with van der Waals surface area (Å²) < 4.78 is 0. The van der Waals surface area contributed by atoms with E-state index in [0.717, 1.165) is 12.0 Å². The van der Waals surface area contributed by atoms with Crippen LogP contribution in [0.4, 0.5) is 0 Å². The fourth-order valence-corrected chi connectivity index (χ4v) is 2.56. The highest BCUT2D eigenvalue weighted by Gasteiger charge is 2.28. The zero-order valence-electron chi connectivity index (χ0n) is 8.76. The van der Waals surface area contributed by atoms with Crippen molar-refractivity contribution in [1.29, 1.82) is 0 Å². The van der Waals surface area contributed by atoms with Gasteiger partial charge in [-0.05, 0) is 58.3 Å². The molecule has 0 radical (unpaired) electrons. The zero-order valence-corrected chi connectivity index (χ0v) is 8.76. The number of likely N-dealkylation sites (tertiary alicyclic amines) is 1. The van der Waals surface area contributed by atoms with Crippen molar-refractivity contribution < 1.29 is 0 Å². The molecule has 0 aromatic rings. The van der Waals surface area contributed by atoms with E-state index in [1.165, 1.54) is 51.7 Å². The molecule has 1 aliphatic carbocycles. The first-order valence-electron chi connectivity index (χ1n) is 5.79. The Bertz CT molecular complexity index is 146. The van der Waals surface area contributed by atoms with Crippen LogP contribution in [0.3, 0.4) is 0 Å². The van der Waals surface area contributed by atoms with Crippen LogP contribution >= 0.6 is 0 Å². The van der Waals surface area contributed by atoms with E-state index in [9.17, 15) is 0 Å². The number of rotatable bonds is 3. The van der Waals surface area contributed by atoms with Gasteiger partial charge in [0.1, 0.15) is 0 Å². The number of hydrogen-bond acceptors (Lipinski definition) is 2. The second kappa shape index (κ2) is 4.43. The Hall–Kier alpha value is -0.0800. The van der Waals surface area contributed by atoms with Crippen LogP contribution in [0.2, 0.25) is 0 Å². The lowest BCUT2D eigenvalue weighted by Crippen LogP contribution is -2.45. The molecule has 13 heavy (non-hydrogen) atoms. The lowest BCUT2D eigenvalue weighted by Gasteiger charge is -2.41. The summed E-state index contributed by atoms with van der Waals surface area (Å²) in [5.41, 5.74) is 0. The van der Waals surface area contributed by atoms with Crippen molar-refractivity contribution in [2.75, 3.05) is 26.7 Å². The molecule has 76 valence electrons. The van der Waals surface area contributed by atoms with Crippen LogP contribution in [0, 0.1) is 5.92 Å². The molecule has 0 spiro atoms. The molecule has 0 aromatic heterocycles. The Balaban J connectivity index is 1.69. The quantitative estimate of drug-likeness (QED) is 0.711. The van der Waals surface area contributed by atoms with Gasteiger partial charge in [0.25, 0.3) is 0 Å². The maximum Gasteiger partial charge on any atom is 0.00952 e. The van der Waals surface area contributed by atoms with Crippen LogP contribution in [0.5, 0.6) is 0 Å². The Morgan fingerprint density at radius 3 is 2.31 bits per heavy atom. The molecule has 0 amide bonds. The van der Waals surface area contributed by atoms with Crippen molar-refractivity contribution in [3.8, 4) is 0 Å². The Labute approximate surface area is 81.7 Å². The third-order valence-corrected chi connectivity index (χ3v) is 3.73. The Kier molecular flexibility index (Phi) is 3.23. The van der Waals surface area contributed by atoms with Gasteiger partial charge in [-0.2, -0.15) is 0 Å². The molecule has 0 atom stereocenters. The van der Waals surface area contributed by atoms with Gasteiger partial charge < -0.3 is 10.2 Å². The topological polar surface area (TPSA) is 15.3 Å². The fraction of sp³-hybridized carbons (Fsp3) is 1.00. The van der Waals surface area contributed by atoms with E-state index in [4.69, 9.17) is 0 Å². The normalized spacial score (nSPS) is 27.5. The minimum Gasteiger partial charge on any atom is -0.319 e. The van der Waals surface area contributed by atoms with Crippen molar-refractivity contribution in [2.24, 2.45) is 5.92 Å². The van der Waals surface area contributed by atoms with Crippen molar-refractivity contribution in [2.45, 2.75) is 38.1 Å². The SMILES string of the molecule is CNCC1CCN(C2CCC2)CC1. The molecular formula is C11H22N2. The molecule has 0 bridgehead atoms. The van der Waals surface area contributed by atoms with Gasteiger partial charge in [0.2, 0.25) is 0 Å². The fourth-order valence-electron chi connectivity index (χ4n) is 2.56. The molecule has 0 aromatic carbocycles. The van der Waals surface area contributed by atoms with Gasteiger partial charge in [-0.25, -0.2) is 0 Å². The van der Waals surface area contributed by atoms with Gasteiger partial charge in [0, 0.05) is 6.04 Å². The van der Waals surface area contributed by atoms with Crippen LogP contribution in [-0.2, 0) is 0 Å². The molecule has 1 N–H and O–H groups in total.